The Labute approximate surface area is 149 Å². The van der Waals surface area contributed by atoms with Gasteiger partial charge in [-0.1, -0.05) is 0 Å². The second kappa shape index (κ2) is 10.7. The number of nitrogens with two attached hydrogens (primary N) is 1. The van der Waals surface area contributed by atoms with Gasteiger partial charge in [-0.05, 0) is 44.8 Å². The number of likely N-dealkylation sites (tertiary alicyclic amines) is 1. The number of carbonyl (C=O) groups excluding carboxylic acids is 1. The molecular formula is C17H31N7O. The largest absolute Gasteiger partial charge is 0.369 e. The maximum atomic E-state index is 11.3. The number of primary amides is 1. The van der Waals surface area contributed by atoms with E-state index in [0.29, 0.717) is 0 Å². The molecular weight excluding hydrogens is 318 g/mol. The van der Waals surface area contributed by atoms with Crippen molar-refractivity contribution in [3.63, 3.8) is 0 Å². The van der Waals surface area contributed by atoms with E-state index >= 15 is 0 Å². The fourth-order valence-corrected chi connectivity index (χ4v) is 3.10. The number of amides is 1. The second-order valence-electron chi connectivity index (χ2n) is 6.44. The van der Waals surface area contributed by atoms with Gasteiger partial charge in [-0.25, -0.2) is 0 Å². The lowest BCUT2D eigenvalue weighted by Crippen LogP contribution is -2.43. The van der Waals surface area contributed by atoms with E-state index < -0.39 is 0 Å². The number of guanidine groups is 1. The average Bonchev–Trinajstić information content (AvgIpc) is 3.14. The van der Waals surface area contributed by atoms with Crippen molar-refractivity contribution in [2.24, 2.45) is 16.6 Å². The van der Waals surface area contributed by atoms with Crippen molar-refractivity contribution in [3.8, 4) is 0 Å². The third-order valence-corrected chi connectivity index (χ3v) is 4.49. The molecule has 4 N–H and O–H groups in total. The molecule has 0 radical (unpaired) electrons. The molecule has 1 amide bonds. The Morgan fingerprint density at radius 3 is 2.72 bits per heavy atom. The predicted molar refractivity (Wildman–Crippen MR) is 99.2 cm³/mol. The third kappa shape index (κ3) is 7.13. The first-order chi connectivity index (χ1) is 12.2. The summed E-state index contributed by atoms with van der Waals surface area (Å²) in [6, 6.07) is 1.93. The zero-order chi connectivity index (χ0) is 17.9. The molecule has 2 rings (SSSR count). The molecule has 1 atom stereocenters. The van der Waals surface area contributed by atoms with Crippen LogP contribution in [0.5, 0.6) is 0 Å². The van der Waals surface area contributed by atoms with Crippen molar-refractivity contribution < 1.29 is 4.79 Å². The molecule has 0 aliphatic carbocycles. The molecule has 1 unspecified atom stereocenters. The Balaban J connectivity index is 1.54. The Hall–Kier alpha value is -2.09. The van der Waals surface area contributed by atoms with Gasteiger partial charge in [-0.15, -0.1) is 0 Å². The fraction of sp³-hybridized carbons (Fsp3) is 0.706. The van der Waals surface area contributed by atoms with Crippen LogP contribution in [0.3, 0.4) is 0 Å². The number of hydrogen-bond acceptors (Lipinski definition) is 4. The number of aryl methyl sites for hydroxylation is 1. The van der Waals surface area contributed by atoms with Crippen LogP contribution in [-0.4, -0.2) is 66.3 Å². The number of rotatable bonds is 9. The van der Waals surface area contributed by atoms with Gasteiger partial charge in [-0.3, -0.25) is 14.5 Å². The van der Waals surface area contributed by atoms with Gasteiger partial charge in [0.1, 0.15) is 0 Å². The van der Waals surface area contributed by atoms with Gasteiger partial charge in [0.2, 0.25) is 5.91 Å². The van der Waals surface area contributed by atoms with E-state index in [-0.39, 0.29) is 11.8 Å². The summed E-state index contributed by atoms with van der Waals surface area (Å²) in [7, 11) is 1.78. The molecule has 1 aliphatic heterocycles. The van der Waals surface area contributed by atoms with Crippen molar-refractivity contribution in [1.29, 1.82) is 0 Å². The average molecular weight is 349 g/mol. The number of hydrogen-bond donors (Lipinski definition) is 3. The molecule has 1 aromatic heterocycles. The first-order valence-electron chi connectivity index (χ1n) is 9.12. The highest BCUT2D eigenvalue weighted by atomic mass is 16.1. The predicted octanol–water partition coefficient (Wildman–Crippen LogP) is 0.0256. The summed E-state index contributed by atoms with van der Waals surface area (Å²) in [4.78, 5) is 17.9. The van der Waals surface area contributed by atoms with E-state index in [4.69, 9.17) is 5.73 Å². The van der Waals surface area contributed by atoms with Crippen LogP contribution in [0.4, 0.5) is 0 Å². The Kier molecular flexibility index (Phi) is 8.24. The van der Waals surface area contributed by atoms with Crippen molar-refractivity contribution >= 4 is 11.9 Å². The molecule has 8 nitrogen and oxygen atoms in total. The Morgan fingerprint density at radius 1 is 1.32 bits per heavy atom. The van der Waals surface area contributed by atoms with Gasteiger partial charge >= 0.3 is 0 Å². The molecule has 0 bridgehead atoms. The van der Waals surface area contributed by atoms with E-state index in [0.717, 1.165) is 70.9 Å². The number of piperidine rings is 1. The highest BCUT2D eigenvalue weighted by Gasteiger charge is 2.23. The standard InChI is InChI=1S/C17H31N7O/c1-19-17(21-8-4-12-24-13-5-9-22-24)20-7-3-11-23-10-2-6-15(14-23)16(18)25/h5,9,13,15H,2-4,6-8,10-12,14H2,1H3,(H2,18,25)(H2,19,20,21). The van der Waals surface area contributed by atoms with Crippen LogP contribution in [0.15, 0.2) is 23.5 Å². The van der Waals surface area contributed by atoms with E-state index in [9.17, 15) is 4.79 Å². The minimum absolute atomic E-state index is 0.0194. The van der Waals surface area contributed by atoms with E-state index in [1.165, 1.54) is 0 Å². The maximum Gasteiger partial charge on any atom is 0.221 e. The molecule has 2 heterocycles. The summed E-state index contributed by atoms with van der Waals surface area (Å²) >= 11 is 0. The fourth-order valence-electron chi connectivity index (χ4n) is 3.10. The molecule has 0 spiro atoms. The van der Waals surface area contributed by atoms with Crippen LogP contribution >= 0.6 is 0 Å². The summed E-state index contributed by atoms with van der Waals surface area (Å²) in [5.74, 6) is 0.683. The molecule has 140 valence electrons. The van der Waals surface area contributed by atoms with Crippen molar-refractivity contribution in [3.05, 3.63) is 18.5 Å². The monoisotopic (exact) mass is 349 g/mol. The molecule has 8 heteroatoms. The lowest BCUT2D eigenvalue weighted by atomic mass is 9.97. The zero-order valence-electron chi connectivity index (χ0n) is 15.2. The molecule has 1 aromatic rings. The summed E-state index contributed by atoms with van der Waals surface area (Å²) in [6.07, 6.45) is 7.75. The molecule has 0 aromatic carbocycles. The Morgan fingerprint density at radius 2 is 2.08 bits per heavy atom. The molecule has 1 aliphatic rings. The van der Waals surface area contributed by atoms with Gasteiger partial charge in [0, 0.05) is 45.6 Å². The lowest BCUT2D eigenvalue weighted by molar-refractivity contribution is -0.123. The Bertz CT molecular complexity index is 529. The van der Waals surface area contributed by atoms with Crippen LogP contribution in [0.25, 0.3) is 0 Å². The van der Waals surface area contributed by atoms with E-state index in [1.807, 2.05) is 16.9 Å². The highest BCUT2D eigenvalue weighted by molar-refractivity contribution is 5.79. The first-order valence-corrected chi connectivity index (χ1v) is 9.12. The third-order valence-electron chi connectivity index (χ3n) is 4.49. The minimum atomic E-state index is -0.164. The van der Waals surface area contributed by atoms with Gasteiger partial charge in [0.25, 0.3) is 0 Å². The lowest BCUT2D eigenvalue weighted by Gasteiger charge is -2.31. The number of nitrogens with zero attached hydrogens (tertiary/aromatic N) is 4. The SMILES string of the molecule is CN=C(NCCCN1CCCC(C(N)=O)C1)NCCCn1cccn1. The summed E-state index contributed by atoms with van der Waals surface area (Å²) in [5, 5.41) is 10.8. The summed E-state index contributed by atoms with van der Waals surface area (Å²) < 4.78 is 1.93. The number of nitrogens with one attached hydrogen (secondary N) is 2. The second-order valence-corrected chi connectivity index (χ2v) is 6.44. The number of aromatic nitrogens is 2. The molecule has 1 fully saturated rings. The number of aliphatic imine (C=N–C) groups is 1. The summed E-state index contributed by atoms with van der Waals surface area (Å²) in [6.45, 7) is 5.45. The van der Waals surface area contributed by atoms with Gasteiger partial charge in [-0.2, -0.15) is 5.10 Å². The smallest absolute Gasteiger partial charge is 0.221 e. The van der Waals surface area contributed by atoms with Gasteiger partial charge < -0.3 is 21.3 Å². The molecule has 0 saturated carbocycles. The van der Waals surface area contributed by atoms with Crippen molar-refractivity contribution in [2.45, 2.75) is 32.2 Å². The van der Waals surface area contributed by atoms with E-state index in [1.54, 1.807) is 13.2 Å². The van der Waals surface area contributed by atoms with Crippen LogP contribution < -0.4 is 16.4 Å². The quantitative estimate of drug-likeness (QED) is 0.332. The minimum Gasteiger partial charge on any atom is -0.369 e. The van der Waals surface area contributed by atoms with E-state index in [2.05, 4.69) is 25.6 Å². The first kappa shape index (κ1) is 19.2. The highest BCUT2D eigenvalue weighted by Crippen LogP contribution is 2.15. The van der Waals surface area contributed by atoms with Crippen molar-refractivity contribution in [1.82, 2.24) is 25.3 Å². The molecule has 1 saturated heterocycles. The van der Waals surface area contributed by atoms with Gasteiger partial charge in [0.05, 0.1) is 5.92 Å². The molecule has 25 heavy (non-hydrogen) atoms. The van der Waals surface area contributed by atoms with Crippen LogP contribution in [0, 0.1) is 5.92 Å². The zero-order valence-corrected chi connectivity index (χ0v) is 15.2. The van der Waals surface area contributed by atoms with Crippen LogP contribution in [0.1, 0.15) is 25.7 Å². The summed E-state index contributed by atoms with van der Waals surface area (Å²) in [5.41, 5.74) is 5.42. The maximum absolute atomic E-state index is 11.3. The van der Waals surface area contributed by atoms with Crippen LogP contribution in [-0.2, 0) is 11.3 Å². The van der Waals surface area contributed by atoms with Crippen molar-refractivity contribution in [2.75, 3.05) is 39.8 Å². The van der Waals surface area contributed by atoms with Crippen LogP contribution in [0.2, 0.25) is 0 Å². The number of carbonyl (C=O) groups is 1. The topological polar surface area (TPSA) is 101 Å². The van der Waals surface area contributed by atoms with Gasteiger partial charge in [0.15, 0.2) is 5.96 Å². The normalized spacial score (nSPS) is 18.9.